The van der Waals surface area contributed by atoms with Crippen LogP contribution in [0.5, 0.6) is 5.75 Å². The summed E-state index contributed by atoms with van der Waals surface area (Å²) < 4.78 is 10.6. The molecule has 0 bridgehead atoms. The van der Waals surface area contributed by atoms with Crippen molar-refractivity contribution in [2.75, 3.05) is 13.2 Å². The van der Waals surface area contributed by atoms with Gasteiger partial charge in [0.15, 0.2) is 0 Å². The fourth-order valence-corrected chi connectivity index (χ4v) is 3.06. The smallest absolute Gasteiger partial charge is 0.227 e. The summed E-state index contributed by atoms with van der Waals surface area (Å²) in [7, 11) is 0. The highest BCUT2D eigenvalue weighted by atomic mass is 16.5. The van der Waals surface area contributed by atoms with Crippen molar-refractivity contribution in [1.29, 1.82) is 0 Å². The van der Waals surface area contributed by atoms with Gasteiger partial charge < -0.3 is 14.2 Å². The van der Waals surface area contributed by atoms with Crippen LogP contribution in [0, 0.1) is 6.92 Å². The van der Waals surface area contributed by atoms with Crippen LogP contribution in [0.25, 0.3) is 0 Å². The number of aryl methyl sites for hydroxylation is 1. The van der Waals surface area contributed by atoms with Crippen LogP contribution in [0.1, 0.15) is 42.8 Å². The minimum absolute atomic E-state index is 0.0441. The first-order valence-corrected chi connectivity index (χ1v) is 8.12. The molecule has 1 aliphatic heterocycles. The van der Waals surface area contributed by atoms with Crippen molar-refractivity contribution in [2.45, 2.75) is 39.2 Å². The van der Waals surface area contributed by atoms with Crippen LogP contribution in [-0.4, -0.2) is 29.1 Å². The molecule has 0 unspecified atom stereocenters. The number of hydrogen-bond acceptors (Lipinski definition) is 4. The van der Waals surface area contributed by atoms with Crippen LogP contribution >= 0.6 is 0 Å². The number of benzene rings is 1. The molecule has 0 spiro atoms. The largest absolute Gasteiger partial charge is 0.494 e. The number of rotatable bonds is 5. The molecule has 23 heavy (non-hydrogen) atoms. The van der Waals surface area contributed by atoms with E-state index < -0.39 is 0 Å². The summed E-state index contributed by atoms with van der Waals surface area (Å²) in [4.78, 5) is 14.6. The van der Waals surface area contributed by atoms with Gasteiger partial charge >= 0.3 is 0 Å². The van der Waals surface area contributed by atoms with E-state index in [-0.39, 0.29) is 11.9 Å². The third kappa shape index (κ3) is 3.55. The van der Waals surface area contributed by atoms with Crippen molar-refractivity contribution in [3.8, 4) is 5.75 Å². The molecule has 1 aromatic carbocycles. The van der Waals surface area contributed by atoms with Crippen molar-refractivity contribution in [1.82, 2.24) is 10.1 Å². The lowest BCUT2D eigenvalue weighted by Gasteiger charge is -2.23. The maximum absolute atomic E-state index is 12.7. The summed E-state index contributed by atoms with van der Waals surface area (Å²) in [6.45, 7) is 5.26. The summed E-state index contributed by atoms with van der Waals surface area (Å²) >= 11 is 0. The summed E-state index contributed by atoms with van der Waals surface area (Å²) in [5.41, 5.74) is 1.86. The Balaban J connectivity index is 1.67. The van der Waals surface area contributed by atoms with Crippen molar-refractivity contribution in [3.63, 3.8) is 0 Å². The lowest BCUT2D eigenvalue weighted by molar-refractivity contribution is -0.131. The van der Waals surface area contributed by atoms with Gasteiger partial charge in [-0.2, -0.15) is 0 Å². The van der Waals surface area contributed by atoms with Gasteiger partial charge in [0.25, 0.3) is 0 Å². The number of carbonyl (C=O) groups excluding carboxylic acids is 1. The zero-order valence-electron chi connectivity index (χ0n) is 13.6. The fraction of sp³-hybridized carbons (Fsp3) is 0.444. The first kappa shape index (κ1) is 15.6. The van der Waals surface area contributed by atoms with E-state index in [0.717, 1.165) is 42.2 Å². The van der Waals surface area contributed by atoms with E-state index in [1.165, 1.54) is 0 Å². The quantitative estimate of drug-likeness (QED) is 0.850. The molecule has 0 saturated carbocycles. The Kier molecular flexibility index (Phi) is 4.65. The molecule has 1 atom stereocenters. The van der Waals surface area contributed by atoms with Gasteiger partial charge in [-0.3, -0.25) is 4.79 Å². The fourth-order valence-electron chi connectivity index (χ4n) is 3.06. The predicted octanol–water partition coefficient (Wildman–Crippen LogP) is 3.29. The Hall–Kier alpha value is -2.30. The Labute approximate surface area is 136 Å². The molecule has 5 nitrogen and oxygen atoms in total. The Morgan fingerprint density at radius 1 is 1.39 bits per heavy atom. The molecule has 1 aromatic heterocycles. The zero-order chi connectivity index (χ0) is 16.2. The van der Waals surface area contributed by atoms with E-state index in [2.05, 4.69) is 5.16 Å². The molecule has 1 fully saturated rings. The highest BCUT2D eigenvalue weighted by Gasteiger charge is 2.31. The topological polar surface area (TPSA) is 55.6 Å². The molecule has 2 heterocycles. The van der Waals surface area contributed by atoms with E-state index >= 15 is 0 Å². The van der Waals surface area contributed by atoms with Crippen molar-refractivity contribution >= 4 is 5.91 Å². The van der Waals surface area contributed by atoms with Crippen LogP contribution in [0.15, 0.2) is 34.9 Å². The number of ether oxygens (including phenoxy) is 1. The molecule has 0 N–H and O–H groups in total. The molecule has 0 aliphatic carbocycles. The second-order valence-corrected chi connectivity index (χ2v) is 5.86. The lowest BCUT2D eigenvalue weighted by Crippen LogP contribution is -2.32. The van der Waals surface area contributed by atoms with Gasteiger partial charge in [-0.15, -0.1) is 0 Å². The zero-order valence-corrected chi connectivity index (χ0v) is 13.6. The third-order valence-electron chi connectivity index (χ3n) is 4.15. The Bertz CT molecular complexity index is 663. The summed E-state index contributed by atoms with van der Waals surface area (Å²) in [5.74, 6) is 1.75. The number of likely N-dealkylation sites (tertiary alicyclic amines) is 1. The van der Waals surface area contributed by atoms with Crippen molar-refractivity contribution in [3.05, 3.63) is 47.3 Å². The molecule has 1 saturated heterocycles. The van der Waals surface area contributed by atoms with Gasteiger partial charge in [0.05, 0.1) is 19.1 Å². The monoisotopic (exact) mass is 314 g/mol. The van der Waals surface area contributed by atoms with Crippen LogP contribution in [0.2, 0.25) is 0 Å². The molecule has 3 rings (SSSR count). The number of amides is 1. The van der Waals surface area contributed by atoms with Crippen LogP contribution in [0.3, 0.4) is 0 Å². The van der Waals surface area contributed by atoms with Crippen molar-refractivity contribution < 1.29 is 14.1 Å². The number of hydrogen-bond donors (Lipinski definition) is 0. The van der Waals surface area contributed by atoms with Gasteiger partial charge in [-0.25, -0.2) is 0 Å². The molecule has 5 heteroatoms. The van der Waals surface area contributed by atoms with Crippen LogP contribution in [0.4, 0.5) is 0 Å². The number of aromatic nitrogens is 1. The first-order valence-electron chi connectivity index (χ1n) is 8.12. The van der Waals surface area contributed by atoms with E-state index in [1.807, 2.05) is 49.1 Å². The van der Waals surface area contributed by atoms with Crippen molar-refractivity contribution in [2.24, 2.45) is 0 Å². The normalized spacial score (nSPS) is 17.5. The van der Waals surface area contributed by atoms with Gasteiger partial charge in [-0.1, -0.05) is 17.3 Å². The summed E-state index contributed by atoms with van der Waals surface area (Å²) in [5, 5.41) is 4.08. The van der Waals surface area contributed by atoms with Crippen LogP contribution in [-0.2, 0) is 11.2 Å². The van der Waals surface area contributed by atoms with E-state index in [4.69, 9.17) is 9.26 Å². The second kappa shape index (κ2) is 6.86. The molecule has 1 aliphatic rings. The summed E-state index contributed by atoms with van der Waals surface area (Å²) in [6.07, 6.45) is 2.35. The van der Waals surface area contributed by atoms with Gasteiger partial charge in [0, 0.05) is 12.6 Å². The predicted molar refractivity (Wildman–Crippen MR) is 86.2 cm³/mol. The van der Waals surface area contributed by atoms with Gasteiger partial charge in [-0.05, 0) is 44.4 Å². The average molecular weight is 314 g/mol. The average Bonchev–Trinajstić information content (AvgIpc) is 3.18. The van der Waals surface area contributed by atoms with E-state index in [1.54, 1.807) is 0 Å². The SMILES string of the molecule is CCOc1ccc(CC(=O)N2CCC[C@H]2c2cc(C)on2)cc1. The first-order chi connectivity index (χ1) is 11.2. The highest BCUT2D eigenvalue weighted by Crippen LogP contribution is 2.32. The minimum Gasteiger partial charge on any atom is -0.494 e. The second-order valence-electron chi connectivity index (χ2n) is 5.86. The van der Waals surface area contributed by atoms with E-state index in [9.17, 15) is 4.79 Å². The molecule has 0 radical (unpaired) electrons. The molecule has 2 aromatic rings. The molecule has 1 amide bonds. The maximum atomic E-state index is 12.7. The van der Waals surface area contributed by atoms with Crippen LogP contribution < -0.4 is 4.74 Å². The number of carbonyl (C=O) groups is 1. The standard InChI is InChI=1S/C18H22N2O3/c1-3-22-15-8-6-14(7-9-15)12-18(21)20-10-4-5-17(20)16-11-13(2)23-19-16/h6-9,11,17H,3-5,10,12H2,1-2H3/t17-/m0/s1. The summed E-state index contributed by atoms with van der Waals surface area (Å²) in [6, 6.07) is 9.70. The molecule has 122 valence electrons. The lowest BCUT2D eigenvalue weighted by atomic mass is 10.1. The van der Waals surface area contributed by atoms with Gasteiger partial charge in [0.1, 0.15) is 17.2 Å². The highest BCUT2D eigenvalue weighted by molar-refractivity contribution is 5.79. The van der Waals surface area contributed by atoms with Gasteiger partial charge in [0.2, 0.25) is 5.91 Å². The minimum atomic E-state index is 0.0441. The molecular weight excluding hydrogens is 292 g/mol. The Morgan fingerprint density at radius 3 is 2.83 bits per heavy atom. The molecular formula is C18H22N2O3. The number of nitrogens with zero attached hydrogens (tertiary/aromatic N) is 2. The maximum Gasteiger partial charge on any atom is 0.227 e. The Morgan fingerprint density at radius 2 is 2.17 bits per heavy atom. The van der Waals surface area contributed by atoms with E-state index in [0.29, 0.717) is 13.0 Å². The third-order valence-corrected chi connectivity index (χ3v) is 4.15.